The van der Waals surface area contributed by atoms with Gasteiger partial charge in [-0.25, -0.2) is 0 Å². The lowest BCUT2D eigenvalue weighted by molar-refractivity contribution is -0.132. The summed E-state index contributed by atoms with van der Waals surface area (Å²) in [5.74, 6) is 1.70. The first-order chi connectivity index (χ1) is 11.3. The largest absolute Gasteiger partial charge is 0.486 e. The van der Waals surface area contributed by atoms with Gasteiger partial charge in [-0.3, -0.25) is 4.79 Å². The van der Waals surface area contributed by atoms with Gasteiger partial charge >= 0.3 is 0 Å². The van der Waals surface area contributed by atoms with Crippen LogP contribution in [0.2, 0.25) is 0 Å². The molecular formula is C18H21NO3S. The van der Waals surface area contributed by atoms with E-state index in [-0.39, 0.29) is 12.0 Å². The maximum Gasteiger partial charge on any atom is 0.223 e. The van der Waals surface area contributed by atoms with Gasteiger partial charge in [-0.05, 0) is 36.9 Å². The molecule has 122 valence electrons. The Morgan fingerprint density at radius 3 is 2.83 bits per heavy atom. The third-order valence-corrected chi connectivity index (χ3v) is 4.83. The Labute approximate surface area is 140 Å². The third kappa shape index (κ3) is 4.05. The number of rotatable bonds is 6. The van der Waals surface area contributed by atoms with Crippen LogP contribution in [0.4, 0.5) is 0 Å². The smallest absolute Gasteiger partial charge is 0.223 e. The minimum absolute atomic E-state index is 0.115. The van der Waals surface area contributed by atoms with Crippen LogP contribution >= 0.6 is 11.3 Å². The fraction of sp³-hybridized carbons (Fsp3) is 0.389. The normalized spacial score (nSPS) is 16.1. The molecule has 2 heterocycles. The lowest BCUT2D eigenvalue weighted by Gasteiger charge is -2.31. The van der Waals surface area contributed by atoms with Gasteiger partial charge in [0.2, 0.25) is 5.91 Å². The van der Waals surface area contributed by atoms with E-state index in [0.717, 1.165) is 17.9 Å². The summed E-state index contributed by atoms with van der Waals surface area (Å²) in [6.45, 7) is 3.73. The number of hydrogen-bond donors (Lipinski definition) is 0. The summed E-state index contributed by atoms with van der Waals surface area (Å²) in [6.07, 6.45) is 1.23. The number of hydrogen-bond acceptors (Lipinski definition) is 4. The molecule has 1 atom stereocenters. The average Bonchev–Trinajstić information content (AvgIpc) is 3.11. The number of benzene rings is 1. The molecule has 5 heteroatoms. The first-order valence-electron chi connectivity index (χ1n) is 7.95. The molecule has 0 saturated heterocycles. The number of carbonyl (C=O) groups is 1. The molecule has 0 saturated carbocycles. The van der Waals surface area contributed by atoms with Crippen molar-refractivity contribution in [2.24, 2.45) is 0 Å². The molecule has 1 unspecified atom stereocenters. The zero-order valence-electron chi connectivity index (χ0n) is 13.2. The molecule has 0 N–H and O–H groups in total. The van der Waals surface area contributed by atoms with Crippen LogP contribution in [0.15, 0.2) is 41.8 Å². The first-order valence-corrected chi connectivity index (χ1v) is 8.83. The highest BCUT2D eigenvalue weighted by atomic mass is 32.1. The molecule has 3 rings (SSSR count). The van der Waals surface area contributed by atoms with Crippen molar-refractivity contribution >= 4 is 17.2 Å². The molecule has 0 spiro atoms. The average molecular weight is 331 g/mol. The van der Waals surface area contributed by atoms with E-state index in [1.54, 1.807) is 11.3 Å². The minimum atomic E-state index is -0.115. The highest BCUT2D eigenvalue weighted by Gasteiger charge is 2.24. The van der Waals surface area contributed by atoms with E-state index >= 15 is 0 Å². The highest BCUT2D eigenvalue weighted by molar-refractivity contribution is 7.09. The first kappa shape index (κ1) is 15.9. The van der Waals surface area contributed by atoms with Gasteiger partial charge in [0, 0.05) is 17.8 Å². The molecule has 1 aliphatic heterocycles. The number of thiophene rings is 1. The summed E-state index contributed by atoms with van der Waals surface area (Å²) in [4.78, 5) is 15.5. The maximum atomic E-state index is 12.4. The van der Waals surface area contributed by atoms with E-state index in [1.807, 2.05) is 47.5 Å². The van der Waals surface area contributed by atoms with E-state index < -0.39 is 0 Å². The molecule has 0 fully saturated rings. The van der Waals surface area contributed by atoms with Crippen molar-refractivity contribution < 1.29 is 14.3 Å². The second-order valence-electron chi connectivity index (χ2n) is 5.51. The Kier molecular flexibility index (Phi) is 5.18. The topological polar surface area (TPSA) is 38.8 Å². The SMILES string of the molecule is CCN(CC1COc2ccccc2O1)C(=O)CCc1cccs1. The second kappa shape index (κ2) is 7.51. The summed E-state index contributed by atoms with van der Waals surface area (Å²) in [5.41, 5.74) is 0. The van der Waals surface area contributed by atoms with Crippen molar-refractivity contribution in [2.45, 2.75) is 25.9 Å². The van der Waals surface area contributed by atoms with Crippen molar-refractivity contribution in [2.75, 3.05) is 19.7 Å². The number of carbonyl (C=O) groups excluding carboxylic acids is 1. The van der Waals surface area contributed by atoms with Crippen LogP contribution in [0.3, 0.4) is 0 Å². The number of amides is 1. The Hall–Kier alpha value is -2.01. The third-order valence-electron chi connectivity index (χ3n) is 3.89. The molecule has 2 aromatic rings. The van der Waals surface area contributed by atoms with Crippen LogP contribution in [-0.4, -0.2) is 36.6 Å². The maximum absolute atomic E-state index is 12.4. The van der Waals surface area contributed by atoms with Gasteiger partial charge in [0.05, 0.1) is 6.54 Å². The van der Waals surface area contributed by atoms with E-state index in [2.05, 4.69) is 6.07 Å². The molecular weight excluding hydrogens is 310 g/mol. The van der Waals surface area contributed by atoms with Crippen molar-refractivity contribution in [1.82, 2.24) is 4.90 Å². The van der Waals surface area contributed by atoms with Crippen LogP contribution in [0.1, 0.15) is 18.2 Å². The van der Waals surface area contributed by atoms with E-state index in [1.165, 1.54) is 4.88 Å². The summed E-state index contributed by atoms with van der Waals surface area (Å²) in [7, 11) is 0. The molecule has 0 bridgehead atoms. The van der Waals surface area contributed by atoms with Crippen LogP contribution < -0.4 is 9.47 Å². The van der Waals surface area contributed by atoms with Crippen LogP contribution in [0.5, 0.6) is 11.5 Å². The predicted octanol–water partition coefficient (Wildman–Crippen LogP) is 3.37. The van der Waals surface area contributed by atoms with E-state index in [4.69, 9.17) is 9.47 Å². The number of para-hydroxylation sites is 2. The van der Waals surface area contributed by atoms with Gasteiger partial charge in [0.25, 0.3) is 0 Å². The molecule has 4 nitrogen and oxygen atoms in total. The van der Waals surface area contributed by atoms with Gasteiger partial charge in [0.15, 0.2) is 17.6 Å². The van der Waals surface area contributed by atoms with E-state index in [0.29, 0.717) is 26.1 Å². The van der Waals surface area contributed by atoms with Gasteiger partial charge in [-0.1, -0.05) is 18.2 Å². The monoisotopic (exact) mass is 331 g/mol. The molecule has 0 radical (unpaired) electrons. The molecule has 1 aromatic heterocycles. The predicted molar refractivity (Wildman–Crippen MR) is 91.2 cm³/mol. The quantitative estimate of drug-likeness (QED) is 0.815. The fourth-order valence-corrected chi connectivity index (χ4v) is 3.36. The summed E-state index contributed by atoms with van der Waals surface area (Å²) in [5, 5.41) is 2.04. The molecule has 23 heavy (non-hydrogen) atoms. The Bertz CT molecular complexity index is 641. The van der Waals surface area contributed by atoms with Gasteiger partial charge in [0.1, 0.15) is 6.61 Å². The zero-order chi connectivity index (χ0) is 16.1. The van der Waals surface area contributed by atoms with Crippen LogP contribution in [-0.2, 0) is 11.2 Å². The number of fused-ring (bicyclic) bond motifs is 1. The highest BCUT2D eigenvalue weighted by Crippen LogP contribution is 2.31. The number of aryl methyl sites for hydroxylation is 1. The minimum Gasteiger partial charge on any atom is -0.486 e. The van der Waals surface area contributed by atoms with Gasteiger partial charge in [-0.2, -0.15) is 0 Å². The van der Waals surface area contributed by atoms with E-state index in [9.17, 15) is 4.79 Å². The molecule has 1 amide bonds. The van der Waals surface area contributed by atoms with Crippen molar-refractivity contribution in [1.29, 1.82) is 0 Å². The number of likely N-dealkylation sites (N-methyl/N-ethyl adjacent to an activating group) is 1. The van der Waals surface area contributed by atoms with Crippen molar-refractivity contribution in [3.63, 3.8) is 0 Å². The van der Waals surface area contributed by atoms with Crippen LogP contribution in [0, 0.1) is 0 Å². The summed E-state index contributed by atoms with van der Waals surface area (Å²) < 4.78 is 11.7. The number of ether oxygens (including phenoxy) is 2. The lowest BCUT2D eigenvalue weighted by atomic mass is 10.2. The van der Waals surface area contributed by atoms with Crippen molar-refractivity contribution in [3.8, 4) is 11.5 Å². The Morgan fingerprint density at radius 1 is 1.26 bits per heavy atom. The second-order valence-corrected chi connectivity index (χ2v) is 6.54. The number of nitrogens with zero attached hydrogens (tertiary/aromatic N) is 1. The Balaban J connectivity index is 1.54. The molecule has 0 aliphatic carbocycles. The van der Waals surface area contributed by atoms with Gasteiger partial charge < -0.3 is 14.4 Å². The van der Waals surface area contributed by atoms with Crippen LogP contribution in [0.25, 0.3) is 0 Å². The van der Waals surface area contributed by atoms with Gasteiger partial charge in [-0.15, -0.1) is 11.3 Å². The zero-order valence-corrected chi connectivity index (χ0v) is 14.1. The summed E-state index contributed by atoms with van der Waals surface area (Å²) in [6, 6.07) is 11.7. The molecule has 1 aromatic carbocycles. The fourth-order valence-electron chi connectivity index (χ4n) is 2.65. The molecule has 1 aliphatic rings. The van der Waals surface area contributed by atoms with Crippen molar-refractivity contribution in [3.05, 3.63) is 46.7 Å². The Morgan fingerprint density at radius 2 is 2.09 bits per heavy atom. The lowest BCUT2D eigenvalue weighted by Crippen LogP contribution is -2.43. The standard InChI is InChI=1S/C18H21NO3S/c1-2-19(18(20)10-9-15-6-5-11-23-15)12-14-13-21-16-7-3-4-8-17(16)22-14/h3-8,11,14H,2,9-10,12-13H2,1H3. The summed E-state index contributed by atoms with van der Waals surface area (Å²) >= 11 is 1.70.